The zero-order valence-electron chi connectivity index (χ0n) is 17.3. The predicted octanol–water partition coefficient (Wildman–Crippen LogP) is 1.57. The summed E-state index contributed by atoms with van der Waals surface area (Å²) in [6.45, 7) is 0. The third kappa shape index (κ3) is 12.8. The van der Waals surface area contributed by atoms with Crippen molar-refractivity contribution in [2.24, 2.45) is 0 Å². The van der Waals surface area contributed by atoms with Gasteiger partial charge in [-0.3, -0.25) is 0 Å². The van der Waals surface area contributed by atoms with Crippen LogP contribution in [0, 0.1) is 0 Å². The highest BCUT2D eigenvalue weighted by atomic mass is 33.1. The van der Waals surface area contributed by atoms with E-state index in [1.54, 1.807) is 0 Å². The molecule has 0 fully saturated rings. The molecule has 0 atom stereocenters. The zero-order valence-corrected chi connectivity index (χ0v) is 23.9. The quantitative estimate of drug-likeness (QED) is 0.222. The normalized spacial score (nSPS) is 12.1. The van der Waals surface area contributed by atoms with E-state index in [1.807, 2.05) is 38.0 Å². The summed E-state index contributed by atoms with van der Waals surface area (Å²) in [4.78, 5) is 6.08. The van der Waals surface area contributed by atoms with Crippen LogP contribution >= 0.6 is 70.5 Å². The molecule has 0 bridgehead atoms. The van der Waals surface area contributed by atoms with Gasteiger partial charge < -0.3 is 28.7 Å². The Balaban J connectivity index is 0. The maximum Gasteiger partial charge on any atom is 0.190 e. The molecule has 0 heterocycles. The molecular weight excluding hydrogens is 537 g/mol. The first-order valence-electron chi connectivity index (χ1n) is 7.44. The summed E-state index contributed by atoms with van der Waals surface area (Å²) in [5, 5.41) is 0. The molecule has 0 aromatic carbocycles. The molecule has 9 nitrogen and oxygen atoms in total. The molecule has 29 heavy (non-hydrogen) atoms. The van der Waals surface area contributed by atoms with E-state index in [4.69, 9.17) is 24.4 Å². The average Bonchev–Trinajstić information content (AvgIpc) is 2.56. The van der Waals surface area contributed by atoms with Crippen LogP contribution in [0.3, 0.4) is 0 Å². The fourth-order valence-corrected chi connectivity index (χ4v) is 6.69. The van der Waals surface area contributed by atoms with Crippen molar-refractivity contribution in [3.05, 3.63) is 0 Å². The molecule has 17 heteroatoms. The summed E-state index contributed by atoms with van der Waals surface area (Å²) in [7, 11) is 7.35. The number of rotatable bonds is 2. The van der Waals surface area contributed by atoms with Crippen molar-refractivity contribution in [1.29, 1.82) is 0 Å². The second-order valence-corrected chi connectivity index (χ2v) is 14.3. The molecule has 0 unspecified atom stereocenters. The Morgan fingerprint density at radius 3 is 1.07 bits per heavy atom. The summed E-state index contributed by atoms with van der Waals surface area (Å²) < 4.78 is 47.3. The number of hydrogen-bond acceptors (Lipinski definition) is 9. The lowest BCUT2D eigenvalue weighted by molar-refractivity contribution is 0.404. The summed E-state index contributed by atoms with van der Waals surface area (Å²) in [6.07, 6.45) is 0. The van der Waals surface area contributed by atoms with Crippen LogP contribution in [0.1, 0.15) is 0 Å². The lowest BCUT2D eigenvalue weighted by atomic mass is 11.0. The molecule has 0 aromatic heterocycles. The molecule has 0 aliphatic rings. The molecule has 0 radical (unpaired) electrons. The maximum absolute atomic E-state index is 11.6. The maximum atomic E-state index is 11.6. The fraction of sp³-hybridized carbons (Fsp3) is 0.667. The summed E-state index contributed by atoms with van der Waals surface area (Å²) in [5.41, 5.74) is 0. The van der Waals surface area contributed by atoms with Crippen molar-refractivity contribution in [2.45, 2.75) is 0 Å². The van der Waals surface area contributed by atoms with Gasteiger partial charge in [0.1, 0.15) is 29.6 Å². The van der Waals surface area contributed by atoms with Crippen LogP contribution in [0.15, 0.2) is 0 Å². The minimum atomic E-state index is -4.52. The minimum Gasteiger partial charge on any atom is -0.363 e. The van der Waals surface area contributed by atoms with Gasteiger partial charge in [0.25, 0.3) is 0 Å². The average molecular weight is 565 g/mol. The van der Waals surface area contributed by atoms with Gasteiger partial charge in [-0.2, -0.15) is 3.63 Å². The van der Waals surface area contributed by atoms with Crippen LogP contribution < -0.4 is 0 Å². The van der Waals surface area contributed by atoms with Gasteiger partial charge in [0.15, 0.2) is 8.64 Å². The van der Waals surface area contributed by atoms with Gasteiger partial charge in [0, 0.05) is 56.4 Å². The highest BCUT2D eigenvalue weighted by molar-refractivity contribution is 8.89. The highest BCUT2D eigenvalue weighted by Gasteiger charge is 2.30. The summed E-state index contributed by atoms with van der Waals surface area (Å²) in [6, 6.07) is 0. The van der Waals surface area contributed by atoms with Crippen LogP contribution in [-0.2, 0) is 24.6 Å². The second kappa shape index (κ2) is 13.8. The lowest BCUT2D eigenvalue weighted by Crippen LogP contribution is -2.42. The van der Waals surface area contributed by atoms with Crippen molar-refractivity contribution in [3.63, 3.8) is 0 Å². The van der Waals surface area contributed by atoms with Crippen molar-refractivity contribution in [3.8, 4) is 0 Å². The predicted molar refractivity (Wildman–Crippen MR) is 146 cm³/mol. The minimum absolute atomic E-state index is 0.465. The molecule has 0 aliphatic heterocycles. The van der Waals surface area contributed by atoms with Gasteiger partial charge in [0.05, 0.1) is 0 Å². The van der Waals surface area contributed by atoms with Crippen LogP contribution in [0.25, 0.3) is 0 Å². The number of hydrogen-bond donors (Lipinski definition) is 4. The lowest BCUT2D eigenvalue weighted by Gasteiger charge is -2.30. The van der Waals surface area contributed by atoms with Crippen molar-refractivity contribution >= 4 is 109 Å². The third-order valence-electron chi connectivity index (χ3n) is 2.38. The highest BCUT2D eigenvalue weighted by Crippen LogP contribution is 2.26. The molecule has 0 rings (SSSR count). The second-order valence-electron chi connectivity index (χ2n) is 5.96. The zero-order chi connectivity index (χ0) is 23.7. The number of nitrogens with zero attached hydrogens (tertiary/aromatic N) is 4. The molecule has 0 aliphatic carbocycles. The monoisotopic (exact) mass is 564 g/mol. The van der Waals surface area contributed by atoms with Gasteiger partial charge in [0.2, 0.25) is 0 Å². The topological polar surface area (TPSA) is 96.8 Å². The molecule has 0 aromatic rings. The standard InChI is InChI=1S/C6H16N2O5S4.C6H12N2S4/c1-7(2)5(14)16(9,10)13-17(11,12)6(15)8(3)4;1-7(2)5(9)11-12-6(10)8(3)4/h16-17H,1-4H3,(H,9,10)(H,11,12);1-4H3. The molecule has 0 amide bonds. The fourth-order valence-electron chi connectivity index (χ4n) is 0.946. The molecule has 2 N–H and O–H groups in total. The summed E-state index contributed by atoms with van der Waals surface area (Å²) >= 11 is 19.4. The van der Waals surface area contributed by atoms with Gasteiger partial charge in [-0.25, -0.2) is 8.42 Å². The molecular formula is C12H28N4O5S8. The van der Waals surface area contributed by atoms with E-state index in [0.717, 1.165) is 18.4 Å². The van der Waals surface area contributed by atoms with E-state index in [-0.39, 0.29) is 0 Å². The Hall–Kier alpha value is 0.440. The van der Waals surface area contributed by atoms with Crippen LogP contribution in [0.2, 0.25) is 0 Å². The van der Waals surface area contributed by atoms with Crippen molar-refractivity contribution < 1.29 is 21.2 Å². The molecule has 0 saturated heterocycles. The molecule has 0 spiro atoms. The van der Waals surface area contributed by atoms with E-state index in [9.17, 15) is 17.5 Å². The van der Waals surface area contributed by atoms with Crippen LogP contribution in [0.4, 0.5) is 0 Å². The van der Waals surface area contributed by atoms with E-state index >= 15 is 0 Å². The molecule has 174 valence electrons. The van der Waals surface area contributed by atoms with Crippen molar-refractivity contribution in [1.82, 2.24) is 19.6 Å². The first-order valence-corrected chi connectivity index (χ1v) is 14.4. The van der Waals surface area contributed by atoms with Gasteiger partial charge in [-0.1, -0.05) is 24.4 Å². The largest absolute Gasteiger partial charge is 0.363 e. The first kappa shape index (κ1) is 31.6. The number of thiocarbonyl (C=S) groups is 4. The Morgan fingerprint density at radius 2 is 0.897 bits per heavy atom. The summed E-state index contributed by atoms with van der Waals surface area (Å²) in [5.74, 6) is 0. The Kier molecular flexibility index (Phi) is 15.0. The Bertz CT molecular complexity index is 654. The van der Waals surface area contributed by atoms with Crippen molar-refractivity contribution in [2.75, 3.05) is 56.4 Å². The molecule has 0 saturated carbocycles. The smallest absolute Gasteiger partial charge is 0.190 e. The Labute approximate surface area is 204 Å². The van der Waals surface area contributed by atoms with E-state index in [1.165, 1.54) is 49.8 Å². The van der Waals surface area contributed by atoms with E-state index < -0.39 is 29.6 Å². The van der Waals surface area contributed by atoms with Gasteiger partial charge in [-0.05, 0) is 46.0 Å². The number of thiol groups is 2. The Morgan fingerprint density at radius 1 is 0.655 bits per heavy atom. The third-order valence-corrected chi connectivity index (χ3v) is 12.2. The van der Waals surface area contributed by atoms with Gasteiger partial charge in [-0.15, -0.1) is 0 Å². The van der Waals surface area contributed by atoms with E-state index in [0.29, 0.717) is 0 Å². The van der Waals surface area contributed by atoms with E-state index in [2.05, 4.69) is 28.1 Å². The SMILES string of the molecule is CN(C)C(=S)SSC(=S)N(C)C.CN(C)C(=S)[SH](=O)(O)O[SH](=O)(O)C(=S)N(C)C. The van der Waals surface area contributed by atoms with Gasteiger partial charge >= 0.3 is 0 Å². The first-order chi connectivity index (χ1) is 12.9. The van der Waals surface area contributed by atoms with Crippen LogP contribution in [-0.4, -0.2) is 111 Å². The van der Waals surface area contributed by atoms with Crippen LogP contribution in [0.5, 0.6) is 0 Å².